The number of carbonyl (C=O) groups is 1. The van der Waals surface area contributed by atoms with Crippen molar-refractivity contribution in [2.24, 2.45) is 5.92 Å². The van der Waals surface area contributed by atoms with Gasteiger partial charge in [0.1, 0.15) is 5.60 Å². The number of likely N-dealkylation sites (tertiary alicyclic amines) is 1. The van der Waals surface area contributed by atoms with Crippen LogP contribution in [-0.2, 0) is 4.74 Å². The molecule has 1 amide bonds. The Morgan fingerprint density at radius 2 is 2.12 bits per heavy atom. The molecular weight excluding hydrogens is 216 g/mol. The van der Waals surface area contributed by atoms with Gasteiger partial charge in [-0.2, -0.15) is 5.26 Å². The van der Waals surface area contributed by atoms with Gasteiger partial charge in [-0.15, -0.1) is 0 Å². The fourth-order valence-electron chi connectivity index (χ4n) is 2.05. The monoisotopic (exact) mass is 238 g/mol. The van der Waals surface area contributed by atoms with Gasteiger partial charge in [-0.3, -0.25) is 0 Å². The highest BCUT2D eigenvalue weighted by atomic mass is 16.6. The van der Waals surface area contributed by atoms with E-state index in [1.165, 1.54) is 0 Å². The van der Waals surface area contributed by atoms with Crippen LogP contribution < -0.4 is 0 Å². The Hall–Kier alpha value is -1.24. The van der Waals surface area contributed by atoms with E-state index in [4.69, 9.17) is 10.00 Å². The second-order valence-electron chi connectivity index (χ2n) is 5.79. The van der Waals surface area contributed by atoms with E-state index in [1.54, 1.807) is 4.90 Å². The zero-order valence-electron chi connectivity index (χ0n) is 11.2. The number of rotatable bonds is 1. The number of hydrogen-bond acceptors (Lipinski definition) is 3. The molecule has 17 heavy (non-hydrogen) atoms. The summed E-state index contributed by atoms with van der Waals surface area (Å²) < 4.78 is 5.38. The van der Waals surface area contributed by atoms with Gasteiger partial charge in [-0.1, -0.05) is 0 Å². The van der Waals surface area contributed by atoms with E-state index in [0.29, 0.717) is 18.9 Å². The number of piperidine rings is 1. The number of nitriles is 1. The summed E-state index contributed by atoms with van der Waals surface area (Å²) in [5.41, 5.74) is -0.459. The van der Waals surface area contributed by atoms with Gasteiger partial charge in [0.15, 0.2) is 0 Å². The normalized spacial score (nSPS) is 25.2. The van der Waals surface area contributed by atoms with Crippen LogP contribution in [-0.4, -0.2) is 29.2 Å². The summed E-state index contributed by atoms with van der Waals surface area (Å²) in [4.78, 5) is 13.8. The van der Waals surface area contributed by atoms with E-state index >= 15 is 0 Å². The van der Waals surface area contributed by atoms with Crippen molar-refractivity contribution >= 4 is 6.09 Å². The van der Waals surface area contributed by atoms with Crippen LogP contribution in [0.25, 0.3) is 0 Å². The molecule has 0 radical (unpaired) electrons. The van der Waals surface area contributed by atoms with Crippen molar-refractivity contribution in [3.63, 3.8) is 0 Å². The largest absolute Gasteiger partial charge is 0.444 e. The Balaban J connectivity index is 2.61. The minimum Gasteiger partial charge on any atom is -0.444 e. The number of nitrogens with zero attached hydrogens (tertiary/aromatic N) is 2. The highest BCUT2D eigenvalue weighted by Gasteiger charge is 2.31. The maximum atomic E-state index is 12.0. The summed E-state index contributed by atoms with van der Waals surface area (Å²) in [6, 6.07) is 2.39. The molecule has 1 rings (SSSR count). The first-order valence-electron chi connectivity index (χ1n) is 6.20. The average molecular weight is 238 g/mol. The maximum absolute atomic E-state index is 12.0. The first-order valence-corrected chi connectivity index (χ1v) is 6.20. The second-order valence-corrected chi connectivity index (χ2v) is 5.79. The number of amides is 1. The molecule has 96 valence electrons. The molecule has 2 atom stereocenters. The molecule has 1 aliphatic heterocycles. The topological polar surface area (TPSA) is 53.3 Å². The predicted octanol–water partition coefficient (Wildman–Crippen LogP) is 2.94. The fraction of sp³-hybridized carbons (Fsp3) is 0.846. The van der Waals surface area contributed by atoms with Crippen LogP contribution in [0.5, 0.6) is 0 Å². The van der Waals surface area contributed by atoms with Gasteiger partial charge in [-0.25, -0.2) is 4.79 Å². The van der Waals surface area contributed by atoms with E-state index in [0.717, 1.165) is 12.8 Å². The van der Waals surface area contributed by atoms with E-state index in [-0.39, 0.29) is 12.1 Å². The number of carbonyl (C=O) groups excluding carboxylic acids is 1. The van der Waals surface area contributed by atoms with Crippen LogP contribution in [0, 0.1) is 17.2 Å². The van der Waals surface area contributed by atoms with Crippen LogP contribution in [0.3, 0.4) is 0 Å². The van der Waals surface area contributed by atoms with E-state index < -0.39 is 5.60 Å². The van der Waals surface area contributed by atoms with E-state index in [2.05, 4.69) is 6.07 Å². The van der Waals surface area contributed by atoms with Gasteiger partial charge in [-0.05, 0) is 46.5 Å². The lowest BCUT2D eigenvalue weighted by atomic mass is 9.92. The molecule has 1 aliphatic rings. The predicted molar refractivity (Wildman–Crippen MR) is 65.4 cm³/mol. The van der Waals surface area contributed by atoms with E-state index in [1.807, 2.05) is 27.7 Å². The summed E-state index contributed by atoms with van der Waals surface area (Å²) in [6.07, 6.45) is 2.23. The summed E-state index contributed by atoms with van der Waals surface area (Å²) in [5, 5.41) is 8.71. The SMILES string of the molecule is CC1CCC(CC#N)CN1C(=O)OC(C)(C)C. The lowest BCUT2D eigenvalue weighted by Gasteiger charge is -2.38. The van der Waals surface area contributed by atoms with Gasteiger partial charge in [0.25, 0.3) is 0 Å². The number of ether oxygens (including phenoxy) is 1. The third-order valence-electron chi connectivity index (χ3n) is 2.99. The maximum Gasteiger partial charge on any atom is 0.410 e. The van der Waals surface area contributed by atoms with Crippen molar-refractivity contribution in [3.05, 3.63) is 0 Å². The second kappa shape index (κ2) is 5.39. The molecule has 4 nitrogen and oxygen atoms in total. The molecule has 1 heterocycles. The lowest BCUT2D eigenvalue weighted by Crippen LogP contribution is -2.47. The van der Waals surface area contributed by atoms with Crippen molar-refractivity contribution in [1.29, 1.82) is 5.26 Å². The molecule has 0 spiro atoms. The molecule has 0 aromatic rings. The third kappa shape index (κ3) is 4.26. The third-order valence-corrected chi connectivity index (χ3v) is 2.99. The standard InChI is InChI=1S/C13H22N2O2/c1-10-5-6-11(7-8-14)9-15(10)12(16)17-13(2,3)4/h10-11H,5-7,9H2,1-4H3. The Labute approximate surface area is 104 Å². The van der Waals surface area contributed by atoms with Gasteiger partial charge < -0.3 is 9.64 Å². The van der Waals surface area contributed by atoms with Crippen molar-refractivity contribution < 1.29 is 9.53 Å². The first-order chi connectivity index (χ1) is 7.83. The van der Waals surface area contributed by atoms with E-state index in [9.17, 15) is 4.79 Å². The van der Waals surface area contributed by atoms with Crippen LogP contribution in [0.4, 0.5) is 4.79 Å². The molecule has 2 unspecified atom stereocenters. The molecule has 4 heteroatoms. The minimum absolute atomic E-state index is 0.208. The molecule has 0 saturated carbocycles. The van der Waals surface area contributed by atoms with Crippen molar-refractivity contribution in [1.82, 2.24) is 4.90 Å². The molecule has 0 aliphatic carbocycles. The number of hydrogen-bond donors (Lipinski definition) is 0. The first kappa shape index (κ1) is 13.8. The van der Waals surface area contributed by atoms with Crippen LogP contribution in [0.1, 0.15) is 47.0 Å². The van der Waals surface area contributed by atoms with Crippen LogP contribution in [0.15, 0.2) is 0 Å². The lowest BCUT2D eigenvalue weighted by molar-refractivity contribution is 0.00568. The summed E-state index contributed by atoms with van der Waals surface area (Å²) in [6.45, 7) is 8.28. The molecule has 0 aromatic heterocycles. The zero-order chi connectivity index (χ0) is 13.1. The quantitative estimate of drug-likeness (QED) is 0.705. The van der Waals surface area contributed by atoms with Gasteiger partial charge in [0.05, 0.1) is 6.07 Å². The minimum atomic E-state index is -0.459. The summed E-state index contributed by atoms with van der Waals surface area (Å²) in [5.74, 6) is 0.295. The summed E-state index contributed by atoms with van der Waals surface area (Å²) >= 11 is 0. The van der Waals surface area contributed by atoms with Crippen molar-refractivity contribution in [2.75, 3.05) is 6.54 Å². The summed E-state index contributed by atoms with van der Waals surface area (Å²) in [7, 11) is 0. The van der Waals surface area contributed by atoms with Crippen molar-refractivity contribution in [3.8, 4) is 6.07 Å². The molecule has 1 fully saturated rings. The Bertz CT molecular complexity index is 314. The van der Waals surface area contributed by atoms with Crippen LogP contribution in [0.2, 0.25) is 0 Å². The molecule has 0 aromatic carbocycles. The molecule has 1 saturated heterocycles. The van der Waals surface area contributed by atoms with Crippen LogP contribution >= 0.6 is 0 Å². The fourth-order valence-corrected chi connectivity index (χ4v) is 2.05. The molecule has 0 N–H and O–H groups in total. The van der Waals surface area contributed by atoms with Gasteiger partial charge in [0, 0.05) is 19.0 Å². The Kier molecular flexibility index (Phi) is 4.39. The highest BCUT2D eigenvalue weighted by molar-refractivity contribution is 5.68. The molecule has 0 bridgehead atoms. The zero-order valence-corrected chi connectivity index (χ0v) is 11.2. The van der Waals surface area contributed by atoms with Crippen molar-refractivity contribution in [2.45, 2.75) is 58.6 Å². The Morgan fingerprint density at radius 3 is 2.65 bits per heavy atom. The van der Waals surface area contributed by atoms with Gasteiger partial charge >= 0.3 is 6.09 Å². The molecular formula is C13H22N2O2. The Morgan fingerprint density at radius 1 is 1.47 bits per heavy atom. The average Bonchev–Trinajstić information content (AvgIpc) is 2.18. The highest BCUT2D eigenvalue weighted by Crippen LogP contribution is 2.25. The van der Waals surface area contributed by atoms with Gasteiger partial charge in [0.2, 0.25) is 0 Å². The smallest absolute Gasteiger partial charge is 0.410 e.